The minimum absolute atomic E-state index is 0.550. The molecule has 0 saturated carbocycles. The van der Waals surface area contributed by atoms with Gasteiger partial charge in [-0.3, -0.25) is 4.98 Å². The first-order chi connectivity index (χ1) is 7.77. The number of fused-ring (bicyclic) bond motifs is 3. The van der Waals surface area contributed by atoms with Crippen LogP contribution >= 0.6 is 0 Å². The minimum atomic E-state index is -0.926. The van der Waals surface area contributed by atoms with Crippen LogP contribution in [-0.2, 0) is 0 Å². The second-order valence-electron chi connectivity index (χ2n) is 3.94. The summed E-state index contributed by atoms with van der Waals surface area (Å²) in [5, 5.41) is 21.4. The highest BCUT2D eigenvalue weighted by Crippen LogP contribution is 2.31. The number of rotatable bonds is 0. The molecule has 16 heavy (non-hydrogen) atoms. The van der Waals surface area contributed by atoms with Gasteiger partial charge in [0.15, 0.2) is 0 Å². The lowest BCUT2D eigenvalue weighted by atomic mass is 9.94. The summed E-state index contributed by atoms with van der Waals surface area (Å²) in [5.74, 6) is 0. The van der Waals surface area contributed by atoms with E-state index in [1.165, 1.54) is 0 Å². The second kappa shape index (κ2) is 3.40. The van der Waals surface area contributed by atoms with Crippen molar-refractivity contribution >= 4 is 16.8 Å². The van der Waals surface area contributed by atoms with Crippen LogP contribution in [0.15, 0.2) is 36.5 Å². The maximum absolute atomic E-state index is 9.83. The molecule has 0 bridgehead atoms. The summed E-state index contributed by atoms with van der Waals surface area (Å²) in [7, 11) is 0. The van der Waals surface area contributed by atoms with Gasteiger partial charge in [0.1, 0.15) is 12.2 Å². The van der Waals surface area contributed by atoms with Gasteiger partial charge in [-0.2, -0.15) is 0 Å². The largest absolute Gasteiger partial charge is 0.386 e. The van der Waals surface area contributed by atoms with Crippen LogP contribution in [0.25, 0.3) is 16.8 Å². The first-order valence-electron chi connectivity index (χ1n) is 5.19. The van der Waals surface area contributed by atoms with Crippen molar-refractivity contribution in [3.8, 4) is 0 Å². The van der Waals surface area contributed by atoms with Crippen molar-refractivity contribution in [1.29, 1.82) is 0 Å². The van der Waals surface area contributed by atoms with E-state index in [1.54, 1.807) is 12.3 Å². The average Bonchev–Trinajstić information content (AvgIpc) is 2.33. The standard InChI is InChI=1S/C13H11NO2/c15-11-6-5-10-9-4-2-1-3-8(9)7-14-12(10)13(11)16/h1-7,11,13,15-16H/t11-,13-/m1/s1. The molecule has 0 aliphatic heterocycles. The third-order valence-electron chi connectivity index (χ3n) is 2.93. The summed E-state index contributed by atoms with van der Waals surface area (Å²) < 4.78 is 0. The van der Waals surface area contributed by atoms with Crippen LogP contribution in [0, 0.1) is 0 Å². The predicted molar refractivity (Wildman–Crippen MR) is 61.7 cm³/mol. The van der Waals surface area contributed by atoms with E-state index in [9.17, 15) is 10.2 Å². The fraction of sp³-hybridized carbons (Fsp3) is 0.154. The van der Waals surface area contributed by atoms with Crippen molar-refractivity contribution in [3.63, 3.8) is 0 Å². The van der Waals surface area contributed by atoms with Crippen LogP contribution < -0.4 is 0 Å². The average molecular weight is 213 g/mol. The van der Waals surface area contributed by atoms with Gasteiger partial charge in [-0.05, 0) is 5.39 Å². The number of hydrogen-bond donors (Lipinski definition) is 2. The maximum atomic E-state index is 9.83. The molecule has 1 aliphatic rings. The number of aliphatic hydroxyl groups is 2. The Hall–Kier alpha value is -1.71. The Morgan fingerprint density at radius 2 is 1.94 bits per heavy atom. The Kier molecular flexibility index (Phi) is 2.02. The van der Waals surface area contributed by atoms with Gasteiger partial charge in [0.05, 0.1) is 5.69 Å². The zero-order valence-corrected chi connectivity index (χ0v) is 8.54. The normalized spacial score (nSPS) is 23.4. The first-order valence-corrected chi connectivity index (χ1v) is 5.19. The van der Waals surface area contributed by atoms with Crippen LogP contribution in [-0.4, -0.2) is 21.3 Å². The Morgan fingerprint density at radius 1 is 1.12 bits per heavy atom. The molecular weight excluding hydrogens is 202 g/mol. The van der Waals surface area contributed by atoms with E-state index in [-0.39, 0.29) is 0 Å². The highest BCUT2D eigenvalue weighted by atomic mass is 16.3. The molecule has 2 atom stereocenters. The Bertz CT molecular complexity index is 577. The van der Waals surface area contributed by atoms with Crippen molar-refractivity contribution in [2.24, 2.45) is 0 Å². The van der Waals surface area contributed by atoms with Gasteiger partial charge in [0.25, 0.3) is 0 Å². The highest BCUT2D eigenvalue weighted by Gasteiger charge is 2.24. The molecule has 0 unspecified atom stereocenters. The fourth-order valence-electron chi connectivity index (χ4n) is 2.07. The van der Waals surface area contributed by atoms with E-state index in [0.717, 1.165) is 16.3 Å². The molecule has 0 spiro atoms. The molecule has 80 valence electrons. The molecule has 2 aromatic rings. The van der Waals surface area contributed by atoms with Crippen LogP contribution in [0.1, 0.15) is 17.4 Å². The minimum Gasteiger partial charge on any atom is -0.386 e. The zero-order chi connectivity index (χ0) is 11.1. The van der Waals surface area contributed by atoms with Crippen molar-refractivity contribution in [3.05, 3.63) is 47.8 Å². The summed E-state index contributed by atoms with van der Waals surface area (Å²) in [5.41, 5.74) is 1.45. The first kappa shape index (κ1) is 9.51. The van der Waals surface area contributed by atoms with Gasteiger partial charge in [-0.1, -0.05) is 36.4 Å². The number of hydrogen-bond acceptors (Lipinski definition) is 3. The van der Waals surface area contributed by atoms with Gasteiger partial charge in [0.2, 0.25) is 0 Å². The molecule has 1 aromatic heterocycles. The molecule has 0 amide bonds. The maximum Gasteiger partial charge on any atom is 0.126 e. The SMILES string of the molecule is O[C@@H]1C=Cc2c(ncc3ccccc23)[C@@H]1O. The fourth-order valence-corrected chi connectivity index (χ4v) is 2.07. The van der Waals surface area contributed by atoms with Crippen molar-refractivity contribution in [2.45, 2.75) is 12.2 Å². The summed E-state index contributed by atoms with van der Waals surface area (Å²) in [6.45, 7) is 0. The Morgan fingerprint density at radius 3 is 2.81 bits per heavy atom. The van der Waals surface area contributed by atoms with Gasteiger partial charge in [-0.25, -0.2) is 0 Å². The van der Waals surface area contributed by atoms with Crippen molar-refractivity contribution in [2.75, 3.05) is 0 Å². The number of nitrogens with zero attached hydrogens (tertiary/aromatic N) is 1. The monoisotopic (exact) mass is 213 g/mol. The molecule has 3 nitrogen and oxygen atoms in total. The third-order valence-corrected chi connectivity index (χ3v) is 2.93. The molecule has 1 aromatic carbocycles. The summed E-state index contributed by atoms with van der Waals surface area (Å²) in [6, 6.07) is 7.88. The van der Waals surface area contributed by atoms with Crippen molar-refractivity contribution in [1.82, 2.24) is 4.98 Å². The lowest BCUT2D eigenvalue weighted by molar-refractivity contribution is 0.0442. The molecule has 1 aliphatic carbocycles. The molecule has 2 N–H and O–H groups in total. The van der Waals surface area contributed by atoms with Crippen LogP contribution in [0.3, 0.4) is 0 Å². The second-order valence-corrected chi connectivity index (χ2v) is 3.94. The Labute approximate surface area is 92.7 Å². The van der Waals surface area contributed by atoms with Crippen LogP contribution in [0.4, 0.5) is 0 Å². The quantitative estimate of drug-likeness (QED) is 0.699. The summed E-state index contributed by atoms with van der Waals surface area (Å²) >= 11 is 0. The van der Waals surface area contributed by atoms with E-state index in [1.807, 2.05) is 30.3 Å². The lowest BCUT2D eigenvalue weighted by Gasteiger charge is -2.21. The van der Waals surface area contributed by atoms with Crippen molar-refractivity contribution < 1.29 is 10.2 Å². The number of aliphatic hydroxyl groups excluding tert-OH is 2. The van der Waals surface area contributed by atoms with Gasteiger partial charge in [0, 0.05) is 17.1 Å². The van der Waals surface area contributed by atoms with E-state index in [0.29, 0.717) is 5.69 Å². The zero-order valence-electron chi connectivity index (χ0n) is 8.54. The molecule has 1 heterocycles. The van der Waals surface area contributed by atoms with Crippen LogP contribution in [0.5, 0.6) is 0 Å². The lowest BCUT2D eigenvalue weighted by Crippen LogP contribution is -2.20. The smallest absolute Gasteiger partial charge is 0.126 e. The molecular formula is C13H11NO2. The Balaban J connectivity index is 2.34. The van der Waals surface area contributed by atoms with Gasteiger partial charge < -0.3 is 10.2 Å². The number of pyridine rings is 1. The molecule has 0 saturated heterocycles. The number of benzene rings is 1. The molecule has 3 rings (SSSR count). The molecule has 0 fully saturated rings. The predicted octanol–water partition coefficient (Wildman–Crippen LogP) is 1.66. The summed E-state index contributed by atoms with van der Waals surface area (Å²) in [4.78, 5) is 4.22. The third kappa shape index (κ3) is 1.26. The van der Waals surface area contributed by atoms with E-state index >= 15 is 0 Å². The van der Waals surface area contributed by atoms with Gasteiger partial charge in [-0.15, -0.1) is 0 Å². The molecule has 3 heteroatoms. The van der Waals surface area contributed by atoms with E-state index in [4.69, 9.17) is 0 Å². The highest BCUT2D eigenvalue weighted by molar-refractivity contribution is 5.91. The number of aromatic nitrogens is 1. The summed E-state index contributed by atoms with van der Waals surface area (Å²) in [6.07, 6.45) is 3.36. The van der Waals surface area contributed by atoms with Gasteiger partial charge >= 0.3 is 0 Å². The molecule has 0 radical (unpaired) electrons. The van der Waals surface area contributed by atoms with Crippen LogP contribution in [0.2, 0.25) is 0 Å². The van der Waals surface area contributed by atoms with E-state index in [2.05, 4.69) is 4.98 Å². The van der Waals surface area contributed by atoms with E-state index < -0.39 is 12.2 Å². The topological polar surface area (TPSA) is 53.4 Å².